The minimum atomic E-state index is -0.384. The fraction of sp³-hybridized carbons (Fsp3) is 0.105. The number of hydrogen-bond acceptors (Lipinski definition) is 5. The lowest BCUT2D eigenvalue weighted by Gasteiger charge is -2.16. The summed E-state index contributed by atoms with van der Waals surface area (Å²) in [6.07, 6.45) is 1.70. The zero-order chi connectivity index (χ0) is 19.6. The lowest BCUT2D eigenvalue weighted by Crippen LogP contribution is -2.45. The lowest BCUT2D eigenvalue weighted by molar-refractivity contribution is -0.123. The first-order valence-corrected chi connectivity index (χ1v) is 9.90. The topological polar surface area (TPSA) is 58.6 Å². The normalized spacial score (nSPS) is 15.4. The predicted molar refractivity (Wildman–Crippen MR) is 114 cm³/mol. The molecule has 8 heteroatoms. The van der Waals surface area contributed by atoms with Gasteiger partial charge in [0.15, 0.2) is 4.32 Å². The molecular formula is C19H15BrN2O3S2. The Morgan fingerprint density at radius 2 is 2.04 bits per heavy atom. The van der Waals surface area contributed by atoms with Crippen LogP contribution in [0, 0.1) is 6.92 Å². The Morgan fingerprint density at radius 3 is 2.74 bits per heavy atom. The van der Waals surface area contributed by atoms with Crippen LogP contribution < -0.4 is 10.2 Å². The number of hydrogen-bond donors (Lipinski definition) is 1. The molecule has 27 heavy (non-hydrogen) atoms. The smallest absolute Gasteiger partial charge is 0.285 e. The van der Waals surface area contributed by atoms with Crippen molar-refractivity contribution >= 4 is 62.1 Å². The first kappa shape index (κ1) is 19.6. The molecule has 2 aromatic rings. The maximum atomic E-state index is 12.7. The van der Waals surface area contributed by atoms with Crippen LogP contribution >= 0.6 is 39.9 Å². The quantitative estimate of drug-likeness (QED) is 0.541. The maximum Gasteiger partial charge on any atom is 0.285 e. The van der Waals surface area contributed by atoms with Gasteiger partial charge in [-0.05, 0) is 55.0 Å². The molecule has 0 atom stereocenters. The molecule has 0 spiro atoms. The van der Waals surface area contributed by atoms with E-state index in [4.69, 9.17) is 17.0 Å². The van der Waals surface area contributed by atoms with Crippen LogP contribution in [0.15, 0.2) is 51.8 Å². The number of carbonyl (C=O) groups is 2. The molecular weight excluding hydrogens is 448 g/mol. The second kappa shape index (κ2) is 8.24. The van der Waals surface area contributed by atoms with E-state index in [1.807, 2.05) is 31.2 Å². The number of nitrogens with one attached hydrogen (secondary N) is 1. The van der Waals surface area contributed by atoms with E-state index >= 15 is 0 Å². The fourth-order valence-electron chi connectivity index (χ4n) is 2.51. The zero-order valence-corrected chi connectivity index (χ0v) is 17.7. The minimum absolute atomic E-state index is 0.266. The fourth-order valence-corrected chi connectivity index (χ4v) is 4.06. The Morgan fingerprint density at radius 1 is 1.30 bits per heavy atom. The lowest BCUT2D eigenvalue weighted by atomic mass is 10.1. The standard InChI is InChI=1S/C19H15BrN2O3S2/c1-11-5-3-4-6-14(11)17(23)21-22-18(24)16(27-19(22)26)10-12-9-13(20)7-8-15(12)25-2/h3-10H,1-2H3,(H,21,23)/b16-10+. The number of rotatable bonds is 4. The summed E-state index contributed by atoms with van der Waals surface area (Å²) in [6, 6.07) is 12.6. The van der Waals surface area contributed by atoms with E-state index in [0.29, 0.717) is 16.2 Å². The van der Waals surface area contributed by atoms with Gasteiger partial charge in [-0.3, -0.25) is 15.0 Å². The third-order valence-electron chi connectivity index (χ3n) is 3.88. The molecule has 0 radical (unpaired) electrons. The number of amides is 2. The summed E-state index contributed by atoms with van der Waals surface area (Å²) < 4.78 is 6.46. The van der Waals surface area contributed by atoms with Crippen molar-refractivity contribution in [2.45, 2.75) is 6.92 Å². The van der Waals surface area contributed by atoms with Crippen LogP contribution in [0.1, 0.15) is 21.5 Å². The van der Waals surface area contributed by atoms with E-state index in [1.54, 1.807) is 31.4 Å². The van der Waals surface area contributed by atoms with E-state index in [1.165, 1.54) is 0 Å². The molecule has 0 bridgehead atoms. The van der Waals surface area contributed by atoms with Crippen LogP contribution in [-0.2, 0) is 4.79 Å². The van der Waals surface area contributed by atoms with E-state index < -0.39 is 0 Å². The molecule has 1 fully saturated rings. The van der Waals surface area contributed by atoms with Crippen molar-refractivity contribution in [3.63, 3.8) is 0 Å². The van der Waals surface area contributed by atoms with E-state index in [0.717, 1.165) is 32.4 Å². The zero-order valence-electron chi connectivity index (χ0n) is 14.5. The summed E-state index contributed by atoms with van der Waals surface area (Å²) in [5, 5.41) is 1.10. The van der Waals surface area contributed by atoms with Crippen LogP contribution in [0.4, 0.5) is 0 Å². The minimum Gasteiger partial charge on any atom is -0.496 e. The summed E-state index contributed by atoms with van der Waals surface area (Å²) in [4.78, 5) is 25.6. The molecule has 2 aromatic carbocycles. The molecule has 1 N–H and O–H groups in total. The third-order valence-corrected chi connectivity index (χ3v) is 5.67. The number of nitrogens with zero attached hydrogens (tertiary/aromatic N) is 1. The maximum absolute atomic E-state index is 12.7. The number of hydrazine groups is 1. The molecule has 3 rings (SSSR count). The van der Waals surface area contributed by atoms with Crippen LogP contribution in [0.3, 0.4) is 0 Å². The molecule has 1 saturated heterocycles. The van der Waals surface area contributed by atoms with Gasteiger partial charge in [0.1, 0.15) is 5.75 Å². The molecule has 5 nitrogen and oxygen atoms in total. The Balaban J connectivity index is 1.84. The number of thiocarbonyl (C=S) groups is 1. The number of carbonyl (C=O) groups excluding carboxylic acids is 2. The number of halogens is 1. The molecule has 0 aromatic heterocycles. The molecule has 1 aliphatic rings. The van der Waals surface area contributed by atoms with Crippen LogP contribution in [0.25, 0.3) is 6.08 Å². The highest BCUT2D eigenvalue weighted by Gasteiger charge is 2.34. The van der Waals surface area contributed by atoms with Crippen molar-refractivity contribution in [3.05, 3.63) is 68.5 Å². The molecule has 1 heterocycles. The highest BCUT2D eigenvalue weighted by Crippen LogP contribution is 2.34. The van der Waals surface area contributed by atoms with Crippen LogP contribution in [0.5, 0.6) is 5.75 Å². The summed E-state index contributed by atoms with van der Waals surface area (Å²) >= 11 is 9.81. The first-order chi connectivity index (χ1) is 12.9. The van der Waals surface area contributed by atoms with Gasteiger partial charge < -0.3 is 4.74 Å². The SMILES string of the molecule is COc1ccc(Br)cc1/C=C1/SC(=S)N(NC(=O)c2ccccc2C)C1=O. The molecule has 0 saturated carbocycles. The van der Waals surface area contributed by atoms with Crippen molar-refractivity contribution < 1.29 is 14.3 Å². The van der Waals surface area contributed by atoms with Crippen molar-refractivity contribution in [3.8, 4) is 5.75 Å². The highest BCUT2D eigenvalue weighted by atomic mass is 79.9. The summed E-state index contributed by atoms with van der Waals surface area (Å²) in [5.74, 6) is -0.132. The largest absolute Gasteiger partial charge is 0.496 e. The van der Waals surface area contributed by atoms with Gasteiger partial charge in [-0.15, -0.1) is 0 Å². The van der Waals surface area contributed by atoms with Crippen molar-refractivity contribution in [1.82, 2.24) is 10.4 Å². The van der Waals surface area contributed by atoms with Crippen molar-refractivity contribution in [2.24, 2.45) is 0 Å². The van der Waals surface area contributed by atoms with Crippen molar-refractivity contribution in [1.29, 1.82) is 0 Å². The number of thioether (sulfide) groups is 1. The number of methoxy groups -OCH3 is 1. The molecule has 0 aliphatic carbocycles. The van der Waals surface area contributed by atoms with Gasteiger partial charge in [-0.2, -0.15) is 5.01 Å². The van der Waals surface area contributed by atoms with E-state index in [2.05, 4.69) is 21.4 Å². The second-order valence-corrected chi connectivity index (χ2v) is 8.25. The molecule has 1 aliphatic heterocycles. The molecule has 0 unspecified atom stereocenters. The second-order valence-electron chi connectivity index (χ2n) is 5.66. The Hall–Kier alpha value is -2.16. The number of aryl methyl sites for hydroxylation is 1. The van der Waals surface area contributed by atoms with Crippen LogP contribution in [-0.4, -0.2) is 28.3 Å². The van der Waals surface area contributed by atoms with Gasteiger partial charge in [0.25, 0.3) is 11.8 Å². The summed E-state index contributed by atoms with van der Waals surface area (Å²) in [5.41, 5.74) is 4.63. The predicted octanol–water partition coefficient (Wildman–Crippen LogP) is 4.31. The Kier molecular flexibility index (Phi) is 5.98. The van der Waals surface area contributed by atoms with E-state index in [9.17, 15) is 9.59 Å². The molecule has 138 valence electrons. The van der Waals surface area contributed by atoms with Gasteiger partial charge in [-0.1, -0.05) is 45.9 Å². The third kappa shape index (κ3) is 4.23. The Labute approximate surface area is 174 Å². The molecule has 2 amide bonds. The summed E-state index contributed by atoms with van der Waals surface area (Å²) in [6.45, 7) is 1.83. The first-order valence-electron chi connectivity index (χ1n) is 7.89. The summed E-state index contributed by atoms with van der Waals surface area (Å²) in [7, 11) is 1.56. The Bertz CT molecular complexity index is 975. The van der Waals surface area contributed by atoms with E-state index in [-0.39, 0.29) is 16.1 Å². The number of ether oxygens (including phenoxy) is 1. The highest BCUT2D eigenvalue weighted by molar-refractivity contribution is 9.10. The van der Waals surface area contributed by atoms with Crippen LogP contribution in [0.2, 0.25) is 0 Å². The van der Waals surface area contributed by atoms with Gasteiger partial charge in [0.05, 0.1) is 12.0 Å². The average Bonchev–Trinajstić information content (AvgIpc) is 2.89. The number of benzene rings is 2. The van der Waals surface area contributed by atoms with Gasteiger partial charge in [-0.25, -0.2) is 0 Å². The van der Waals surface area contributed by atoms with Gasteiger partial charge >= 0.3 is 0 Å². The van der Waals surface area contributed by atoms with Gasteiger partial charge in [0.2, 0.25) is 0 Å². The average molecular weight is 463 g/mol. The van der Waals surface area contributed by atoms with Crippen molar-refractivity contribution in [2.75, 3.05) is 7.11 Å². The van der Waals surface area contributed by atoms with Gasteiger partial charge in [0, 0.05) is 15.6 Å². The monoisotopic (exact) mass is 462 g/mol.